The Balaban J connectivity index is 2.27. The predicted octanol–water partition coefficient (Wildman–Crippen LogP) is 4.57. The molecule has 0 aliphatic carbocycles. The smallest absolute Gasteiger partial charge is 0.132 e. The average molecular weight is 332 g/mol. The molecule has 0 aliphatic rings. The van der Waals surface area contributed by atoms with Crippen molar-refractivity contribution in [2.24, 2.45) is 0 Å². The van der Waals surface area contributed by atoms with Gasteiger partial charge in [-0.05, 0) is 30.4 Å². The zero-order valence-corrected chi connectivity index (χ0v) is 12.3. The van der Waals surface area contributed by atoms with E-state index in [9.17, 15) is 4.39 Å². The summed E-state index contributed by atoms with van der Waals surface area (Å²) in [7, 11) is 0. The third-order valence-corrected chi connectivity index (χ3v) is 4.02. The van der Waals surface area contributed by atoms with E-state index in [0.29, 0.717) is 11.3 Å². The second-order valence-corrected chi connectivity index (χ2v) is 5.88. The number of thiol groups is 1. The summed E-state index contributed by atoms with van der Waals surface area (Å²) in [5.41, 5.74) is 1.26. The highest BCUT2D eigenvalue weighted by molar-refractivity contribution is 9.10. The van der Waals surface area contributed by atoms with Crippen LogP contribution < -0.4 is 0 Å². The van der Waals surface area contributed by atoms with Crippen LogP contribution in [0.2, 0.25) is 0 Å². The minimum Gasteiger partial charge on any atom is -0.241 e. The molecule has 0 spiro atoms. The van der Waals surface area contributed by atoms with E-state index in [2.05, 4.69) is 33.5 Å². The first kappa shape index (κ1) is 13.1. The number of thiazole rings is 1. The molecule has 0 fully saturated rings. The first-order valence-electron chi connectivity index (χ1n) is 5.21. The summed E-state index contributed by atoms with van der Waals surface area (Å²) in [5, 5.41) is 2.94. The Kier molecular flexibility index (Phi) is 4.59. The van der Waals surface area contributed by atoms with Crippen LogP contribution in [0.3, 0.4) is 0 Å². The van der Waals surface area contributed by atoms with Crippen molar-refractivity contribution in [3.8, 4) is 11.3 Å². The number of aryl methyl sites for hydroxylation is 1. The van der Waals surface area contributed by atoms with Crippen LogP contribution in [0.4, 0.5) is 4.39 Å². The lowest BCUT2D eigenvalue weighted by Crippen LogP contribution is -1.88. The van der Waals surface area contributed by atoms with Crippen LogP contribution in [0, 0.1) is 5.82 Å². The summed E-state index contributed by atoms with van der Waals surface area (Å²) in [5.74, 6) is 0.611. The molecule has 0 bridgehead atoms. The molecule has 5 heteroatoms. The number of halogens is 2. The van der Waals surface area contributed by atoms with Crippen molar-refractivity contribution in [1.29, 1.82) is 0 Å². The first-order valence-corrected chi connectivity index (χ1v) is 7.52. The van der Waals surface area contributed by atoms with Crippen molar-refractivity contribution in [3.63, 3.8) is 0 Å². The van der Waals surface area contributed by atoms with Gasteiger partial charge in [0.1, 0.15) is 5.82 Å². The number of nitrogens with zero attached hydrogens (tertiary/aromatic N) is 1. The zero-order chi connectivity index (χ0) is 12.3. The zero-order valence-electron chi connectivity index (χ0n) is 8.99. The fourth-order valence-corrected chi connectivity index (χ4v) is 2.83. The highest BCUT2D eigenvalue weighted by Crippen LogP contribution is 2.27. The van der Waals surface area contributed by atoms with Crippen molar-refractivity contribution in [2.45, 2.75) is 12.8 Å². The van der Waals surface area contributed by atoms with Gasteiger partial charge in [-0.3, -0.25) is 0 Å². The normalized spacial score (nSPS) is 10.8. The maximum atomic E-state index is 13.6. The Morgan fingerprint density at radius 2 is 2.24 bits per heavy atom. The summed E-state index contributed by atoms with van der Waals surface area (Å²) in [4.78, 5) is 4.44. The van der Waals surface area contributed by atoms with Gasteiger partial charge < -0.3 is 0 Å². The summed E-state index contributed by atoms with van der Waals surface area (Å²) in [6, 6.07) is 4.89. The van der Waals surface area contributed by atoms with Crippen molar-refractivity contribution >= 4 is 39.9 Å². The fraction of sp³-hybridized carbons (Fsp3) is 0.250. The quantitative estimate of drug-likeness (QED) is 0.809. The van der Waals surface area contributed by atoms with Crippen LogP contribution in [0.1, 0.15) is 11.4 Å². The molecule has 0 unspecified atom stereocenters. The van der Waals surface area contributed by atoms with Crippen LogP contribution in [-0.4, -0.2) is 10.7 Å². The third kappa shape index (κ3) is 3.30. The molecule has 0 N–H and O–H groups in total. The lowest BCUT2D eigenvalue weighted by atomic mass is 10.1. The molecular weight excluding hydrogens is 321 g/mol. The van der Waals surface area contributed by atoms with Crippen LogP contribution in [0.5, 0.6) is 0 Å². The van der Waals surface area contributed by atoms with E-state index < -0.39 is 0 Å². The molecule has 0 radical (unpaired) electrons. The standard InChI is InChI=1S/C12H11BrFNS2/c13-8-3-4-10(14)9(6-8)11-7-17-12(15-11)2-1-5-16/h3-4,6-7,16H,1-2,5H2. The number of rotatable bonds is 4. The monoisotopic (exact) mass is 331 g/mol. The van der Waals surface area contributed by atoms with Crippen LogP contribution >= 0.6 is 39.9 Å². The van der Waals surface area contributed by atoms with Crippen LogP contribution in [0.25, 0.3) is 11.3 Å². The highest BCUT2D eigenvalue weighted by Gasteiger charge is 2.09. The van der Waals surface area contributed by atoms with Gasteiger partial charge in [0.15, 0.2) is 0 Å². The van der Waals surface area contributed by atoms with Crippen LogP contribution in [-0.2, 0) is 6.42 Å². The third-order valence-electron chi connectivity index (χ3n) is 2.30. The van der Waals surface area contributed by atoms with Gasteiger partial charge in [-0.2, -0.15) is 12.6 Å². The fourth-order valence-electron chi connectivity index (χ4n) is 1.47. The van der Waals surface area contributed by atoms with Crippen LogP contribution in [0.15, 0.2) is 28.1 Å². The second-order valence-electron chi connectivity index (χ2n) is 3.58. The van der Waals surface area contributed by atoms with E-state index in [1.165, 1.54) is 6.07 Å². The van der Waals surface area contributed by atoms with Gasteiger partial charge in [-0.25, -0.2) is 9.37 Å². The summed E-state index contributed by atoms with van der Waals surface area (Å²) in [6.45, 7) is 0. The van der Waals surface area contributed by atoms with Gasteiger partial charge in [-0.15, -0.1) is 11.3 Å². The van der Waals surface area contributed by atoms with E-state index in [4.69, 9.17) is 0 Å². The number of hydrogen-bond donors (Lipinski definition) is 1. The molecule has 2 rings (SSSR count). The summed E-state index contributed by atoms with van der Waals surface area (Å²) in [6.07, 6.45) is 1.90. The minimum atomic E-state index is -0.237. The number of aromatic nitrogens is 1. The van der Waals surface area contributed by atoms with E-state index in [1.54, 1.807) is 23.5 Å². The Morgan fingerprint density at radius 1 is 1.41 bits per heavy atom. The molecule has 0 aliphatic heterocycles. The Hall–Kier alpha value is -0.390. The molecule has 1 heterocycles. The number of hydrogen-bond acceptors (Lipinski definition) is 3. The van der Waals surface area contributed by atoms with E-state index in [-0.39, 0.29) is 5.82 Å². The summed E-state index contributed by atoms with van der Waals surface area (Å²) >= 11 is 9.08. The molecule has 1 aromatic heterocycles. The van der Waals surface area contributed by atoms with Gasteiger partial charge in [0, 0.05) is 21.8 Å². The SMILES string of the molecule is Fc1ccc(Br)cc1-c1csc(CCCS)n1. The number of benzene rings is 1. The molecule has 0 saturated heterocycles. The molecule has 0 saturated carbocycles. The maximum absolute atomic E-state index is 13.6. The van der Waals surface area contributed by atoms with Gasteiger partial charge in [0.05, 0.1) is 10.7 Å². The molecular formula is C12H11BrFNS2. The largest absolute Gasteiger partial charge is 0.241 e. The Morgan fingerprint density at radius 3 is 3.00 bits per heavy atom. The van der Waals surface area contributed by atoms with Gasteiger partial charge in [-0.1, -0.05) is 15.9 Å². The Labute approximate surface area is 118 Å². The lowest BCUT2D eigenvalue weighted by Gasteiger charge is -2.00. The molecule has 2 aromatic rings. The van der Waals surface area contributed by atoms with Crippen molar-refractivity contribution in [2.75, 3.05) is 5.75 Å². The topological polar surface area (TPSA) is 12.9 Å². The van der Waals surface area contributed by atoms with E-state index >= 15 is 0 Å². The second kappa shape index (κ2) is 5.98. The molecule has 0 amide bonds. The van der Waals surface area contributed by atoms with Crippen molar-refractivity contribution in [3.05, 3.63) is 38.9 Å². The first-order chi connectivity index (χ1) is 8.20. The lowest BCUT2D eigenvalue weighted by molar-refractivity contribution is 0.630. The van der Waals surface area contributed by atoms with Gasteiger partial charge in [0.2, 0.25) is 0 Å². The molecule has 90 valence electrons. The molecule has 1 nitrogen and oxygen atoms in total. The maximum Gasteiger partial charge on any atom is 0.132 e. The molecule has 1 aromatic carbocycles. The van der Waals surface area contributed by atoms with Gasteiger partial charge >= 0.3 is 0 Å². The Bertz CT molecular complexity index is 513. The summed E-state index contributed by atoms with van der Waals surface area (Å²) < 4.78 is 14.5. The van der Waals surface area contributed by atoms with E-state index in [1.807, 2.05) is 5.38 Å². The molecule has 0 atom stereocenters. The van der Waals surface area contributed by atoms with E-state index in [0.717, 1.165) is 28.1 Å². The average Bonchev–Trinajstić information content (AvgIpc) is 2.78. The minimum absolute atomic E-state index is 0.237. The highest BCUT2D eigenvalue weighted by atomic mass is 79.9. The van der Waals surface area contributed by atoms with Crippen molar-refractivity contribution < 1.29 is 4.39 Å². The van der Waals surface area contributed by atoms with Gasteiger partial charge in [0.25, 0.3) is 0 Å². The predicted molar refractivity (Wildman–Crippen MR) is 77.4 cm³/mol. The molecule has 17 heavy (non-hydrogen) atoms. The van der Waals surface area contributed by atoms with Crippen molar-refractivity contribution in [1.82, 2.24) is 4.98 Å².